The minimum absolute atomic E-state index is 0.00766. The Morgan fingerprint density at radius 3 is 1.45 bits per heavy atom. The van der Waals surface area contributed by atoms with E-state index in [2.05, 4.69) is 112 Å². The molecule has 0 bridgehead atoms. The Balaban J connectivity index is 0.000000227. The number of carbonyl (C=O) groups excluding carboxylic acids is 2. The number of amides is 2. The number of aliphatic hydroxyl groups excluding tert-OH is 1. The van der Waals surface area contributed by atoms with Crippen LogP contribution in [0, 0.1) is 0 Å². The van der Waals surface area contributed by atoms with Crippen molar-refractivity contribution in [2.45, 2.75) is 157 Å². The second-order valence-electron chi connectivity index (χ2n) is 24.7. The minimum atomic E-state index is -1.90. The number of nitrogens with one attached hydrogen (secondary N) is 2. The highest BCUT2D eigenvalue weighted by Crippen LogP contribution is 2.38. The lowest BCUT2D eigenvalue weighted by molar-refractivity contribution is 0.0886. The average Bonchev–Trinajstić information content (AvgIpc) is 4.14. The lowest BCUT2D eigenvalue weighted by atomic mass is 10.1. The second-order valence-corrected chi connectivity index (χ2v) is 40.7. The number of aliphatic hydroxyl groups is 1. The van der Waals surface area contributed by atoms with Crippen LogP contribution in [0.25, 0.3) is 66.9 Å². The summed E-state index contributed by atoms with van der Waals surface area (Å²) < 4.78 is 25.8. The van der Waals surface area contributed by atoms with Gasteiger partial charge in [-0.1, -0.05) is 72.2 Å². The molecule has 2 aromatic carbocycles. The number of benzene rings is 2. The Hall–Kier alpha value is -5.95. The van der Waals surface area contributed by atoms with Gasteiger partial charge in [0.25, 0.3) is 11.8 Å². The number of fused-ring (bicyclic) bond motifs is 4. The van der Waals surface area contributed by atoms with Crippen molar-refractivity contribution in [3.8, 4) is 22.8 Å². The van der Waals surface area contributed by atoms with Gasteiger partial charge < -0.3 is 38.8 Å². The summed E-state index contributed by atoms with van der Waals surface area (Å²) in [5.74, 6) is -0.385. The standard InChI is InChI=1S/C31H48N6O3Si2.C25H34N6O3Si/c1-21(2)33-30(38)24-18-37(20-39-14-15-41(7,8)9)29-28(24)34-25(17-32-29)27-23-16-22(12-13-26(23)36(6)35-27)19-40-42(10,11)31(3,4)5;1-16(2)27-25(33)19-13-31(15-34-9-10-35(4,5)6)24-23(19)28-20(12-26-24)22-18-11-17(14-32)7-8-21(18)30(3)29-22/h12-13,16-18,21H,14-15,19-20H2,1-11H3,(H,33,38);7-8,11-13,16,32H,9-10,14-15H2,1-6H3,(H,27,33). The second kappa shape index (κ2) is 23.6. The van der Waals surface area contributed by atoms with Gasteiger partial charge in [-0.05, 0) is 93.3 Å². The van der Waals surface area contributed by atoms with Crippen molar-refractivity contribution >= 4 is 80.4 Å². The highest BCUT2D eigenvalue weighted by Gasteiger charge is 2.37. The van der Waals surface area contributed by atoms with Crippen LogP contribution < -0.4 is 10.6 Å². The molecule has 0 aliphatic rings. The number of rotatable bonds is 20. The maximum atomic E-state index is 13.2. The summed E-state index contributed by atoms with van der Waals surface area (Å²) in [4.78, 5) is 45.5. The van der Waals surface area contributed by atoms with Crippen molar-refractivity contribution in [2.24, 2.45) is 14.1 Å². The molecule has 0 aliphatic heterocycles. The van der Waals surface area contributed by atoms with Crippen LogP contribution in [0.1, 0.15) is 80.3 Å². The van der Waals surface area contributed by atoms with Crippen LogP contribution in [0.15, 0.2) is 61.2 Å². The van der Waals surface area contributed by atoms with Crippen molar-refractivity contribution in [3.63, 3.8) is 0 Å². The summed E-state index contributed by atoms with van der Waals surface area (Å²) in [6.45, 7) is 35.4. The predicted molar refractivity (Wildman–Crippen MR) is 316 cm³/mol. The van der Waals surface area contributed by atoms with Crippen LogP contribution in [0.2, 0.25) is 69.5 Å². The van der Waals surface area contributed by atoms with Crippen LogP contribution in [0.5, 0.6) is 0 Å². The van der Waals surface area contributed by atoms with E-state index in [1.165, 1.54) is 0 Å². The summed E-state index contributed by atoms with van der Waals surface area (Å²) in [6.07, 6.45) is 6.98. The molecule has 0 radical (unpaired) electrons. The van der Waals surface area contributed by atoms with Gasteiger partial charge >= 0.3 is 0 Å². The fourth-order valence-electron chi connectivity index (χ4n) is 8.30. The molecule has 0 aliphatic carbocycles. The van der Waals surface area contributed by atoms with Gasteiger partial charge in [-0.25, -0.2) is 19.9 Å². The molecule has 2 amide bonds. The Morgan fingerprint density at radius 2 is 1.06 bits per heavy atom. The summed E-state index contributed by atoms with van der Waals surface area (Å²) in [6, 6.07) is 14.1. The molecule has 0 unspecified atom stereocenters. The molecule has 21 heteroatoms. The van der Waals surface area contributed by atoms with Crippen LogP contribution in [0.4, 0.5) is 0 Å². The van der Waals surface area contributed by atoms with Crippen LogP contribution in [0.3, 0.4) is 0 Å². The topological polar surface area (TPSA) is 203 Å². The molecule has 0 saturated carbocycles. The third kappa shape index (κ3) is 14.2. The largest absolute Gasteiger partial charge is 0.413 e. The van der Waals surface area contributed by atoms with Crippen molar-refractivity contribution in [1.82, 2.24) is 59.3 Å². The Kier molecular flexibility index (Phi) is 18.0. The SMILES string of the molecule is CC(C)NC(=O)c1cn(COCC[Si](C)(C)C)c2ncc(-c3nn(C)c4ccc(CO)cc34)nc12.CC(C)NC(=O)c1cn(COCC[Si](C)(C)C)c2ncc(-c3nn(C)c4ccc(CO[Si](C)(C)C(C)(C)C)cc34)nc12. The Labute approximate surface area is 456 Å². The molecular formula is C56H82N12O6Si3. The van der Waals surface area contributed by atoms with Crippen molar-refractivity contribution < 1.29 is 28.6 Å². The zero-order valence-electron chi connectivity index (χ0n) is 48.5. The molecular weight excluding hydrogens is 1020 g/mol. The third-order valence-electron chi connectivity index (χ3n) is 13.8. The minimum Gasteiger partial charge on any atom is -0.413 e. The number of aryl methyl sites for hydroxylation is 2. The van der Waals surface area contributed by atoms with Gasteiger partial charge in [0.1, 0.15) is 47.3 Å². The lowest BCUT2D eigenvalue weighted by Crippen LogP contribution is -2.40. The molecule has 18 nitrogen and oxygen atoms in total. The molecule has 8 aromatic rings. The molecule has 0 fully saturated rings. The molecule has 77 heavy (non-hydrogen) atoms. The summed E-state index contributed by atoms with van der Waals surface area (Å²) in [5, 5.41) is 27.0. The monoisotopic (exact) mass is 1100 g/mol. The number of carbonyl (C=O) groups is 2. The van der Waals surface area contributed by atoms with E-state index >= 15 is 0 Å². The molecule has 8 rings (SSSR count). The Morgan fingerprint density at radius 1 is 0.649 bits per heavy atom. The summed E-state index contributed by atoms with van der Waals surface area (Å²) in [5.41, 5.74) is 9.54. The molecule has 0 spiro atoms. The number of ether oxygens (including phenoxy) is 2. The highest BCUT2D eigenvalue weighted by molar-refractivity contribution is 6.76. The van der Waals surface area contributed by atoms with Crippen molar-refractivity contribution in [1.29, 1.82) is 0 Å². The molecule has 0 saturated heterocycles. The Bertz CT molecular complexity index is 3390. The zero-order chi connectivity index (χ0) is 56.4. The first kappa shape index (κ1) is 58.7. The van der Waals surface area contributed by atoms with Gasteiger partial charge in [-0.3, -0.25) is 19.0 Å². The summed E-state index contributed by atoms with van der Waals surface area (Å²) in [7, 11) is -0.519. The van der Waals surface area contributed by atoms with Crippen LogP contribution in [-0.2, 0) is 54.7 Å². The lowest BCUT2D eigenvalue weighted by Gasteiger charge is -2.36. The predicted octanol–water partition coefficient (Wildman–Crippen LogP) is 10.9. The maximum absolute atomic E-state index is 13.2. The number of nitrogens with zero attached hydrogens (tertiary/aromatic N) is 10. The fourth-order valence-corrected chi connectivity index (χ4v) is 10.8. The van der Waals surface area contributed by atoms with Crippen molar-refractivity contribution in [2.75, 3.05) is 13.2 Å². The van der Waals surface area contributed by atoms with Gasteiger partial charge in [-0.2, -0.15) is 10.2 Å². The van der Waals surface area contributed by atoms with Gasteiger partial charge in [0.2, 0.25) is 0 Å². The first-order valence-corrected chi connectivity index (χ1v) is 37.0. The first-order chi connectivity index (χ1) is 36.0. The first-order valence-electron chi connectivity index (χ1n) is 26.7. The van der Waals surface area contributed by atoms with Gasteiger partial charge in [0.05, 0.1) is 47.8 Å². The number of hydrogen-bond acceptors (Lipinski definition) is 12. The third-order valence-corrected chi connectivity index (χ3v) is 21.7. The van der Waals surface area contributed by atoms with E-state index in [4.69, 9.17) is 34.0 Å². The van der Waals surface area contributed by atoms with E-state index in [0.29, 0.717) is 83.8 Å². The molecule has 3 N–H and O–H groups in total. The highest BCUT2D eigenvalue weighted by atomic mass is 28.4. The smallest absolute Gasteiger partial charge is 0.255 e. The number of hydrogen-bond donors (Lipinski definition) is 3. The normalized spacial score (nSPS) is 12.7. The van der Waals surface area contributed by atoms with E-state index in [0.717, 1.165) is 50.7 Å². The van der Waals surface area contributed by atoms with Crippen LogP contribution in [-0.4, -0.2) is 115 Å². The fraction of sp³-hybridized carbons (Fsp3) is 0.500. The zero-order valence-corrected chi connectivity index (χ0v) is 51.5. The van der Waals surface area contributed by atoms with Gasteiger partial charge in [-0.15, -0.1) is 0 Å². The maximum Gasteiger partial charge on any atom is 0.255 e. The van der Waals surface area contributed by atoms with Crippen LogP contribution >= 0.6 is 0 Å². The molecule has 6 aromatic heterocycles. The van der Waals surface area contributed by atoms with E-state index < -0.39 is 24.5 Å². The van der Waals surface area contributed by atoms with Crippen molar-refractivity contribution in [3.05, 3.63) is 83.4 Å². The molecule has 414 valence electrons. The van der Waals surface area contributed by atoms with E-state index in [1.807, 2.05) is 73.8 Å². The van der Waals surface area contributed by atoms with E-state index in [-0.39, 0.29) is 35.5 Å². The van der Waals surface area contributed by atoms with E-state index in [9.17, 15) is 14.7 Å². The average molecular weight is 1100 g/mol. The molecule has 6 heterocycles. The summed E-state index contributed by atoms with van der Waals surface area (Å²) >= 11 is 0. The van der Waals surface area contributed by atoms with E-state index in [1.54, 1.807) is 29.5 Å². The van der Waals surface area contributed by atoms with Gasteiger partial charge in [0.15, 0.2) is 19.6 Å². The van der Waals surface area contributed by atoms with Gasteiger partial charge in [0, 0.05) is 78.7 Å². The quantitative estimate of drug-likeness (QED) is 0.0482. The molecule has 0 atom stereocenters. The number of aromatic nitrogens is 10.